The molecule has 0 aliphatic rings. The van der Waals surface area contributed by atoms with Crippen LogP contribution >= 0.6 is 11.3 Å². The summed E-state index contributed by atoms with van der Waals surface area (Å²) in [7, 11) is 0. The summed E-state index contributed by atoms with van der Waals surface area (Å²) >= 11 is -1.19. The van der Waals surface area contributed by atoms with Gasteiger partial charge in [0.25, 0.3) is 17.2 Å². The van der Waals surface area contributed by atoms with Crippen LogP contribution in [-0.4, -0.2) is 56.2 Å². The largest absolute Gasteiger partial charge is 0.444 e. The standard InChI is InChI=1S/C28H34N6O7S2/c1-18(35)41-33-24(29)20-8-5-7-19(15-20)16-23(26-31-13-14-42-26)34(43(38)39)22-10-6-9-21(17-22)25(36)30-11-12-32-27(37)40-28(2,3)4/h5-10,13-15,17,23H,11-12,16H2,1-4H3,(H2,29,33)(H,30,36)(H,32,37)(H,38,39). The molecule has 0 aliphatic carbocycles. The van der Waals surface area contributed by atoms with Crippen LogP contribution in [0.15, 0.2) is 65.3 Å². The molecule has 230 valence electrons. The molecule has 0 bridgehead atoms. The third-order valence-electron chi connectivity index (χ3n) is 5.55. The second kappa shape index (κ2) is 15.2. The zero-order valence-electron chi connectivity index (χ0n) is 24.1. The normalized spacial score (nSPS) is 13.0. The molecule has 3 rings (SSSR count). The first-order valence-electron chi connectivity index (χ1n) is 13.1. The van der Waals surface area contributed by atoms with Crippen LogP contribution in [-0.2, 0) is 32.1 Å². The van der Waals surface area contributed by atoms with Gasteiger partial charge in [-0.1, -0.05) is 29.4 Å². The number of nitrogens with one attached hydrogen (secondary N) is 2. The number of amides is 2. The van der Waals surface area contributed by atoms with Crippen molar-refractivity contribution in [3.05, 3.63) is 81.8 Å². The summed E-state index contributed by atoms with van der Waals surface area (Å²) in [5.74, 6) is -1.06. The van der Waals surface area contributed by atoms with Crippen molar-refractivity contribution in [1.29, 1.82) is 0 Å². The average molecular weight is 631 g/mol. The van der Waals surface area contributed by atoms with Crippen molar-refractivity contribution < 1.29 is 32.7 Å². The van der Waals surface area contributed by atoms with E-state index in [0.717, 1.165) is 5.56 Å². The number of alkyl carbamates (subject to hydrolysis) is 1. The van der Waals surface area contributed by atoms with Gasteiger partial charge in [-0.3, -0.25) is 13.7 Å². The van der Waals surface area contributed by atoms with Crippen LogP contribution in [0.5, 0.6) is 0 Å². The monoisotopic (exact) mass is 630 g/mol. The minimum absolute atomic E-state index is 0.00885. The minimum atomic E-state index is -2.51. The summed E-state index contributed by atoms with van der Waals surface area (Å²) in [6, 6.07) is 12.6. The quantitative estimate of drug-likeness (QED) is 0.0580. The van der Waals surface area contributed by atoms with Crippen LogP contribution in [0.3, 0.4) is 0 Å². The molecule has 0 radical (unpaired) electrons. The van der Waals surface area contributed by atoms with Crippen LogP contribution in [0.4, 0.5) is 10.5 Å². The lowest BCUT2D eigenvalue weighted by Crippen LogP contribution is -2.38. The van der Waals surface area contributed by atoms with E-state index in [0.29, 0.717) is 16.3 Å². The number of nitrogens with zero attached hydrogens (tertiary/aromatic N) is 3. The molecule has 2 amide bonds. The van der Waals surface area contributed by atoms with E-state index < -0.39 is 40.9 Å². The fourth-order valence-electron chi connectivity index (χ4n) is 3.84. The highest BCUT2D eigenvalue weighted by Gasteiger charge is 2.29. The first kappa shape index (κ1) is 33.2. The molecule has 1 heterocycles. The molecule has 0 aliphatic heterocycles. The summed E-state index contributed by atoms with van der Waals surface area (Å²) in [5, 5.41) is 11.2. The van der Waals surface area contributed by atoms with Crippen molar-refractivity contribution in [3.63, 3.8) is 0 Å². The molecule has 0 saturated carbocycles. The van der Waals surface area contributed by atoms with Gasteiger partial charge in [-0.05, 0) is 50.6 Å². The first-order chi connectivity index (χ1) is 20.3. The van der Waals surface area contributed by atoms with Crippen molar-refractivity contribution >= 4 is 52.1 Å². The highest BCUT2D eigenvalue weighted by Crippen LogP contribution is 2.33. The van der Waals surface area contributed by atoms with E-state index in [1.165, 1.54) is 28.6 Å². The van der Waals surface area contributed by atoms with E-state index in [1.807, 2.05) is 6.07 Å². The molecule has 15 heteroatoms. The van der Waals surface area contributed by atoms with Gasteiger partial charge in [-0.15, -0.1) is 11.3 Å². The van der Waals surface area contributed by atoms with Crippen LogP contribution in [0.1, 0.15) is 60.2 Å². The lowest BCUT2D eigenvalue weighted by Gasteiger charge is -2.29. The number of anilines is 1. The number of hydrogen-bond acceptors (Lipinski definition) is 9. The molecule has 43 heavy (non-hydrogen) atoms. The molecule has 5 N–H and O–H groups in total. The Morgan fingerprint density at radius 1 is 1.12 bits per heavy atom. The van der Waals surface area contributed by atoms with Crippen molar-refractivity contribution in [2.75, 3.05) is 17.4 Å². The van der Waals surface area contributed by atoms with Crippen molar-refractivity contribution in [2.24, 2.45) is 10.9 Å². The number of rotatable bonds is 12. The summed E-state index contributed by atoms with van der Waals surface area (Å²) in [5.41, 5.74) is 7.12. The van der Waals surface area contributed by atoms with E-state index in [2.05, 4.69) is 25.6 Å². The zero-order chi connectivity index (χ0) is 31.6. The Hall–Kier alpha value is -4.34. The number of carbonyl (C=O) groups is 3. The number of nitrogens with two attached hydrogens (primary N) is 1. The number of thiazole rings is 1. The van der Waals surface area contributed by atoms with Gasteiger partial charge in [0, 0.05) is 49.1 Å². The zero-order valence-corrected chi connectivity index (χ0v) is 25.7. The lowest BCUT2D eigenvalue weighted by atomic mass is 10.0. The Morgan fingerprint density at radius 2 is 1.81 bits per heavy atom. The molecule has 3 aromatic rings. The van der Waals surface area contributed by atoms with E-state index in [-0.39, 0.29) is 30.9 Å². The number of aromatic nitrogens is 1. The molecule has 13 nitrogen and oxygen atoms in total. The Bertz CT molecular complexity index is 1470. The SMILES string of the molecule is CC(=O)O/N=C(/N)c1cccc(CC(c2nccs2)N(c2cccc(C(=O)NCCNC(=O)OC(C)(C)C)c2)S(=O)O)c1. The fraction of sp³-hybridized carbons (Fsp3) is 0.321. The van der Waals surface area contributed by atoms with Gasteiger partial charge < -0.3 is 25.9 Å². The van der Waals surface area contributed by atoms with Crippen LogP contribution in [0, 0.1) is 0 Å². The van der Waals surface area contributed by atoms with Crippen LogP contribution < -0.4 is 20.7 Å². The second-order valence-electron chi connectivity index (χ2n) is 10.1. The maximum atomic E-state index is 12.9. The number of carbonyl (C=O) groups excluding carboxylic acids is 3. The van der Waals surface area contributed by atoms with E-state index in [1.54, 1.807) is 68.7 Å². The Labute approximate surface area is 255 Å². The van der Waals surface area contributed by atoms with Gasteiger partial charge in [-0.2, -0.15) is 0 Å². The summed E-state index contributed by atoms with van der Waals surface area (Å²) in [6.07, 6.45) is 1.24. The van der Waals surface area contributed by atoms with Gasteiger partial charge >= 0.3 is 12.1 Å². The average Bonchev–Trinajstić information content (AvgIpc) is 3.48. The molecule has 0 spiro atoms. The molecular weight excluding hydrogens is 596 g/mol. The lowest BCUT2D eigenvalue weighted by molar-refractivity contribution is -0.140. The third-order valence-corrected chi connectivity index (χ3v) is 7.23. The highest BCUT2D eigenvalue weighted by atomic mass is 32.2. The highest BCUT2D eigenvalue weighted by molar-refractivity contribution is 7.80. The first-order valence-corrected chi connectivity index (χ1v) is 15.0. The number of oxime groups is 1. The topological polar surface area (TPSA) is 186 Å². The van der Waals surface area contributed by atoms with Gasteiger partial charge in [0.2, 0.25) is 0 Å². The van der Waals surface area contributed by atoms with Crippen molar-refractivity contribution in [2.45, 2.75) is 45.8 Å². The van der Waals surface area contributed by atoms with Gasteiger partial charge in [0.05, 0.1) is 5.69 Å². The van der Waals surface area contributed by atoms with Gasteiger partial charge in [0.15, 0.2) is 5.84 Å². The molecule has 0 saturated heterocycles. The Balaban J connectivity index is 1.81. The number of amidine groups is 1. The van der Waals surface area contributed by atoms with Crippen LogP contribution in [0.25, 0.3) is 0 Å². The molecular formula is C28H34N6O7S2. The summed E-state index contributed by atoms with van der Waals surface area (Å²) in [6.45, 7) is 6.74. The van der Waals surface area contributed by atoms with E-state index in [9.17, 15) is 23.1 Å². The fourth-order valence-corrected chi connectivity index (χ4v) is 5.32. The number of benzene rings is 2. The van der Waals surface area contributed by atoms with Crippen molar-refractivity contribution in [1.82, 2.24) is 15.6 Å². The third kappa shape index (κ3) is 10.5. The predicted molar refractivity (Wildman–Crippen MR) is 164 cm³/mol. The molecule has 1 aromatic heterocycles. The van der Waals surface area contributed by atoms with Gasteiger partial charge in [-0.25, -0.2) is 18.8 Å². The molecule has 2 atom stereocenters. The second-order valence-corrected chi connectivity index (χ2v) is 11.9. The van der Waals surface area contributed by atoms with Crippen LogP contribution in [0.2, 0.25) is 0 Å². The molecule has 2 aromatic carbocycles. The maximum Gasteiger partial charge on any atom is 0.407 e. The maximum absolute atomic E-state index is 12.9. The number of ether oxygens (including phenoxy) is 1. The Morgan fingerprint density at radius 3 is 2.47 bits per heavy atom. The molecule has 2 unspecified atom stereocenters. The van der Waals surface area contributed by atoms with Gasteiger partial charge in [0.1, 0.15) is 16.7 Å². The summed E-state index contributed by atoms with van der Waals surface area (Å²) in [4.78, 5) is 44.8. The molecule has 0 fully saturated rings. The smallest absolute Gasteiger partial charge is 0.407 e. The summed E-state index contributed by atoms with van der Waals surface area (Å²) < 4.78 is 29.7. The van der Waals surface area contributed by atoms with Crippen molar-refractivity contribution in [3.8, 4) is 0 Å². The van der Waals surface area contributed by atoms with E-state index >= 15 is 0 Å². The Kier molecular flexibility index (Phi) is 11.7. The predicted octanol–water partition coefficient (Wildman–Crippen LogP) is 3.51. The number of hydrogen-bond donors (Lipinski definition) is 4. The van der Waals surface area contributed by atoms with E-state index in [4.69, 9.17) is 10.5 Å². The minimum Gasteiger partial charge on any atom is -0.444 e.